The summed E-state index contributed by atoms with van der Waals surface area (Å²) in [7, 11) is 0. The first-order valence-electron chi connectivity index (χ1n) is 10.6. The van der Waals surface area contributed by atoms with Gasteiger partial charge in [-0.15, -0.1) is 0 Å². The first-order chi connectivity index (χ1) is 15.4. The van der Waals surface area contributed by atoms with Crippen LogP contribution < -0.4 is 10.6 Å². The van der Waals surface area contributed by atoms with E-state index in [0.717, 1.165) is 24.5 Å². The summed E-state index contributed by atoms with van der Waals surface area (Å²) >= 11 is 0. The lowest BCUT2D eigenvalue weighted by Crippen LogP contribution is -2.31. The van der Waals surface area contributed by atoms with E-state index in [9.17, 15) is 19.7 Å². The van der Waals surface area contributed by atoms with Crippen molar-refractivity contribution in [2.75, 3.05) is 25.1 Å². The summed E-state index contributed by atoms with van der Waals surface area (Å²) in [6.07, 6.45) is 4.49. The van der Waals surface area contributed by atoms with E-state index in [1.54, 1.807) is 0 Å². The van der Waals surface area contributed by atoms with Crippen molar-refractivity contribution in [1.82, 2.24) is 5.32 Å². The molecule has 2 aromatic carbocycles. The number of aryl methyl sites for hydroxylation is 2. The molecule has 3 rings (SSSR count). The minimum absolute atomic E-state index is 0.0804. The molecule has 2 aromatic rings. The van der Waals surface area contributed by atoms with Gasteiger partial charge in [0.25, 0.3) is 11.6 Å². The number of aliphatic hydroxyl groups is 1. The number of ether oxygens (including phenoxy) is 1. The van der Waals surface area contributed by atoms with E-state index < -0.39 is 23.4 Å². The van der Waals surface area contributed by atoms with Crippen molar-refractivity contribution in [2.24, 2.45) is 0 Å². The molecule has 1 amide bonds. The number of aliphatic hydroxyl groups excluding tert-OH is 1. The highest BCUT2D eigenvalue weighted by Gasteiger charge is 2.20. The molecule has 1 unspecified atom stereocenters. The Morgan fingerprint density at radius 2 is 1.91 bits per heavy atom. The average Bonchev–Trinajstić information content (AvgIpc) is 2.80. The van der Waals surface area contributed by atoms with Gasteiger partial charge in [-0.05, 0) is 55.4 Å². The van der Waals surface area contributed by atoms with Crippen LogP contribution in [0, 0.1) is 10.1 Å². The van der Waals surface area contributed by atoms with Gasteiger partial charge in [-0.3, -0.25) is 14.9 Å². The second kappa shape index (κ2) is 10.7. The normalized spacial score (nSPS) is 13.6. The van der Waals surface area contributed by atoms with Gasteiger partial charge >= 0.3 is 5.97 Å². The summed E-state index contributed by atoms with van der Waals surface area (Å²) in [5.74, 6) is -1.34. The highest BCUT2D eigenvalue weighted by atomic mass is 16.6. The zero-order chi connectivity index (χ0) is 23.1. The molecule has 9 heteroatoms. The lowest BCUT2D eigenvalue weighted by atomic mass is 9.89. The smallest absolute Gasteiger partial charge is 0.341 e. The van der Waals surface area contributed by atoms with Crippen LogP contribution in [0.1, 0.15) is 52.9 Å². The van der Waals surface area contributed by atoms with Crippen LogP contribution in [-0.2, 0) is 22.4 Å². The SMILES string of the molecule is CC(NC(=O)COC(=O)c1cc([N+](=O)[O-])ccc1NCCO)c1ccc2c(c1)CCCC2. The van der Waals surface area contributed by atoms with Gasteiger partial charge in [0, 0.05) is 24.4 Å². The van der Waals surface area contributed by atoms with Crippen molar-refractivity contribution >= 4 is 23.3 Å². The van der Waals surface area contributed by atoms with Crippen molar-refractivity contribution in [3.05, 3.63) is 68.8 Å². The molecule has 0 aliphatic heterocycles. The Balaban J connectivity index is 1.61. The first-order valence-corrected chi connectivity index (χ1v) is 10.6. The zero-order valence-corrected chi connectivity index (χ0v) is 17.9. The fourth-order valence-electron chi connectivity index (χ4n) is 3.76. The van der Waals surface area contributed by atoms with Gasteiger partial charge in [-0.1, -0.05) is 18.2 Å². The number of fused-ring (bicyclic) bond motifs is 1. The van der Waals surface area contributed by atoms with E-state index in [4.69, 9.17) is 9.84 Å². The molecule has 0 saturated carbocycles. The van der Waals surface area contributed by atoms with Crippen LogP contribution >= 0.6 is 0 Å². The average molecular weight is 441 g/mol. The molecule has 1 atom stereocenters. The summed E-state index contributed by atoms with van der Waals surface area (Å²) in [6, 6.07) is 9.65. The quantitative estimate of drug-likeness (QED) is 0.310. The molecule has 32 heavy (non-hydrogen) atoms. The number of esters is 1. The number of nitrogens with zero attached hydrogens (tertiary/aromatic N) is 1. The standard InChI is InChI=1S/C23H27N3O6/c1-15(17-7-6-16-4-2-3-5-18(16)12-17)25-22(28)14-32-23(29)20-13-19(26(30)31)8-9-21(20)24-10-11-27/h6-9,12-13,15,24,27H,2-5,10-11,14H2,1H3,(H,25,28). The monoisotopic (exact) mass is 441 g/mol. The third-order valence-corrected chi connectivity index (χ3v) is 5.45. The minimum Gasteiger partial charge on any atom is -0.452 e. The second-order valence-electron chi connectivity index (χ2n) is 7.74. The molecular weight excluding hydrogens is 414 g/mol. The molecule has 9 nitrogen and oxygen atoms in total. The van der Waals surface area contributed by atoms with Crippen molar-refractivity contribution < 1.29 is 24.4 Å². The summed E-state index contributed by atoms with van der Waals surface area (Å²) in [6.45, 7) is 1.31. The van der Waals surface area contributed by atoms with E-state index in [1.807, 2.05) is 13.0 Å². The first kappa shape index (κ1) is 23.2. The summed E-state index contributed by atoms with van der Waals surface area (Å²) in [5.41, 5.74) is 3.57. The fraction of sp³-hybridized carbons (Fsp3) is 0.391. The maximum atomic E-state index is 12.5. The third kappa shape index (κ3) is 5.82. The number of anilines is 1. The number of hydrogen-bond donors (Lipinski definition) is 3. The van der Waals surface area contributed by atoms with E-state index in [1.165, 1.54) is 36.1 Å². The number of hydrogen-bond acceptors (Lipinski definition) is 7. The predicted octanol–water partition coefficient (Wildman–Crippen LogP) is 2.91. The Morgan fingerprint density at radius 1 is 1.16 bits per heavy atom. The molecule has 170 valence electrons. The van der Waals surface area contributed by atoms with E-state index in [0.29, 0.717) is 0 Å². The molecule has 0 fully saturated rings. The number of benzene rings is 2. The number of rotatable bonds is 9. The van der Waals surface area contributed by atoms with E-state index >= 15 is 0 Å². The number of nitro groups is 1. The Morgan fingerprint density at radius 3 is 2.62 bits per heavy atom. The van der Waals surface area contributed by atoms with Crippen LogP contribution in [0.4, 0.5) is 11.4 Å². The Labute approximate surface area is 185 Å². The van der Waals surface area contributed by atoms with Gasteiger partial charge < -0.3 is 20.5 Å². The second-order valence-corrected chi connectivity index (χ2v) is 7.74. The van der Waals surface area contributed by atoms with Gasteiger partial charge in [-0.25, -0.2) is 4.79 Å². The highest BCUT2D eigenvalue weighted by molar-refractivity contribution is 5.97. The van der Waals surface area contributed by atoms with Crippen LogP contribution in [0.15, 0.2) is 36.4 Å². The molecular formula is C23H27N3O6. The largest absolute Gasteiger partial charge is 0.452 e. The number of carbonyl (C=O) groups excluding carboxylic acids is 2. The van der Waals surface area contributed by atoms with Crippen molar-refractivity contribution in [1.29, 1.82) is 0 Å². The summed E-state index contributed by atoms with van der Waals surface area (Å²) in [5, 5.41) is 25.6. The molecule has 1 aliphatic carbocycles. The van der Waals surface area contributed by atoms with Crippen LogP contribution in [0.5, 0.6) is 0 Å². The van der Waals surface area contributed by atoms with Crippen LogP contribution in [0.25, 0.3) is 0 Å². The van der Waals surface area contributed by atoms with Gasteiger partial charge in [0.2, 0.25) is 0 Å². The van der Waals surface area contributed by atoms with Crippen molar-refractivity contribution in [2.45, 2.75) is 38.6 Å². The number of nitrogens with one attached hydrogen (secondary N) is 2. The van der Waals surface area contributed by atoms with Crippen molar-refractivity contribution in [3.8, 4) is 0 Å². The molecule has 0 heterocycles. The molecule has 3 N–H and O–H groups in total. The van der Waals surface area contributed by atoms with Gasteiger partial charge in [0.15, 0.2) is 6.61 Å². The lowest BCUT2D eigenvalue weighted by Gasteiger charge is -2.20. The fourth-order valence-corrected chi connectivity index (χ4v) is 3.76. The topological polar surface area (TPSA) is 131 Å². The zero-order valence-electron chi connectivity index (χ0n) is 17.9. The van der Waals surface area contributed by atoms with E-state index in [2.05, 4.69) is 22.8 Å². The Bertz CT molecular complexity index is 1010. The molecule has 0 saturated heterocycles. The maximum absolute atomic E-state index is 12.5. The molecule has 0 bridgehead atoms. The highest BCUT2D eigenvalue weighted by Crippen LogP contribution is 2.25. The number of carbonyl (C=O) groups is 2. The third-order valence-electron chi connectivity index (χ3n) is 5.45. The minimum atomic E-state index is -0.870. The van der Waals surface area contributed by atoms with E-state index in [-0.39, 0.29) is 36.1 Å². The molecule has 0 radical (unpaired) electrons. The van der Waals surface area contributed by atoms with Crippen LogP contribution in [0.2, 0.25) is 0 Å². The van der Waals surface area contributed by atoms with Gasteiger partial charge in [0.05, 0.1) is 23.1 Å². The van der Waals surface area contributed by atoms with Gasteiger partial charge in [0.1, 0.15) is 0 Å². The lowest BCUT2D eigenvalue weighted by molar-refractivity contribution is -0.384. The molecule has 0 aromatic heterocycles. The van der Waals surface area contributed by atoms with Crippen LogP contribution in [0.3, 0.4) is 0 Å². The van der Waals surface area contributed by atoms with Crippen LogP contribution in [-0.4, -0.2) is 41.7 Å². The number of non-ortho nitro benzene ring substituents is 1. The Hall–Kier alpha value is -3.46. The summed E-state index contributed by atoms with van der Waals surface area (Å²) in [4.78, 5) is 35.3. The van der Waals surface area contributed by atoms with Gasteiger partial charge in [-0.2, -0.15) is 0 Å². The molecule has 0 spiro atoms. The Kier molecular flexibility index (Phi) is 7.77. The maximum Gasteiger partial charge on any atom is 0.341 e. The summed E-state index contributed by atoms with van der Waals surface area (Å²) < 4.78 is 5.10. The predicted molar refractivity (Wildman–Crippen MR) is 119 cm³/mol. The number of nitro benzene ring substituents is 1. The molecule has 1 aliphatic rings. The number of amides is 1. The van der Waals surface area contributed by atoms with Crippen molar-refractivity contribution in [3.63, 3.8) is 0 Å².